The van der Waals surface area contributed by atoms with Crippen molar-refractivity contribution in [1.82, 2.24) is 4.90 Å². The number of carbonyl (C=O) groups excluding carboxylic acids is 4. The van der Waals surface area contributed by atoms with Gasteiger partial charge in [-0.15, -0.1) is 23.2 Å². The Morgan fingerprint density at radius 3 is 1.78 bits per heavy atom. The number of imide groups is 1. The fourth-order valence-electron chi connectivity index (χ4n) is 7.23. The summed E-state index contributed by atoms with van der Waals surface area (Å²) in [4.78, 5) is 54.1. The number of hydrogen-bond acceptors (Lipinski definition) is 6. The lowest BCUT2D eigenvalue weighted by Crippen LogP contribution is -2.57. The van der Waals surface area contributed by atoms with Crippen LogP contribution in [0.4, 0.5) is 0 Å². The first-order chi connectivity index (χ1) is 21.7. The fourth-order valence-corrected chi connectivity index (χ4v) is 8.32. The number of amides is 2. The summed E-state index contributed by atoms with van der Waals surface area (Å²) in [5.41, 5.74) is 3.64. The van der Waals surface area contributed by atoms with Crippen LogP contribution in [0, 0.1) is 11.8 Å². The number of ether oxygens (including phenoxy) is 2. The topological polar surface area (TPSA) is 90.0 Å². The third-order valence-electron chi connectivity index (χ3n) is 9.21. The molecule has 7 nitrogen and oxygen atoms in total. The van der Waals surface area contributed by atoms with Crippen molar-refractivity contribution >= 4 is 46.8 Å². The molecule has 0 unspecified atom stereocenters. The van der Waals surface area contributed by atoms with Crippen LogP contribution in [0.3, 0.4) is 0 Å². The molecule has 0 spiro atoms. The van der Waals surface area contributed by atoms with Crippen LogP contribution in [0.5, 0.6) is 5.75 Å². The standard InChI is InChI=1S/C36H27Cl2NO6/c1-44-23-13-9-12-22(19-23)29(40)20-45-34(43)28(18-21-10-3-2-4-11-21)39-32(41)30-31(33(39)42)36(38)25-15-6-5-14-24(25)35(30,37)26-16-7-8-17-27(26)36/h2-17,19,28,30-31H,18,20H2,1H3/t28-,30-,31-,35?,36?/m0/s1. The van der Waals surface area contributed by atoms with Crippen molar-refractivity contribution in [3.05, 3.63) is 137 Å². The average molecular weight is 641 g/mol. The van der Waals surface area contributed by atoms with Gasteiger partial charge in [0.25, 0.3) is 0 Å². The third kappa shape index (κ3) is 4.25. The SMILES string of the molecule is COc1cccc(C(=O)COC(=O)[C@H](Cc2ccccc2)N2C(=O)[C@@H]3[C@@H](C2=O)C2(Cl)c4ccccc4C3(Cl)c3ccccc32)c1. The molecular formula is C36H27Cl2NO6. The van der Waals surface area contributed by atoms with Gasteiger partial charge in [0, 0.05) is 12.0 Å². The van der Waals surface area contributed by atoms with Crippen LogP contribution in [0.1, 0.15) is 38.2 Å². The van der Waals surface area contributed by atoms with E-state index in [1.54, 1.807) is 48.5 Å². The summed E-state index contributed by atoms with van der Waals surface area (Å²) in [6.45, 7) is -0.587. The summed E-state index contributed by atoms with van der Waals surface area (Å²) in [6.07, 6.45) is -0.0194. The van der Waals surface area contributed by atoms with Crippen LogP contribution in [0.25, 0.3) is 0 Å². The van der Waals surface area contributed by atoms with Crippen LogP contribution in [-0.2, 0) is 35.3 Å². The van der Waals surface area contributed by atoms with Crippen LogP contribution in [0.2, 0.25) is 0 Å². The first-order valence-corrected chi connectivity index (χ1v) is 15.3. The van der Waals surface area contributed by atoms with Crippen molar-refractivity contribution in [2.24, 2.45) is 11.8 Å². The normalized spacial score (nSPS) is 24.8. The van der Waals surface area contributed by atoms with Gasteiger partial charge in [-0.3, -0.25) is 19.3 Å². The summed E-state index contributed by atoms with van der Waals surface area (Å²) >= 11 is 15.1. The Labute approximate surface area is 269 Å². The quantitative estimate of drug-likeness (QED) is 0.108. The molecule has 226 valence electrons. The number of Topliss-reactive ketones (excluding diaryl/α,β-unsaturated/α-hetero) is 1. The molecule has 1 aliphatic heterocycles. The molecule has 2 amide bonds. The highest BCUT2D eigenvalue weighted by Gasteiger charge is 2.73. The van der Waals surface area contributed by atoms with Crippen molar-refractivity contribution in [2.45, 2.75) is 22.2 Å². The molecule has 3 atom stereocenters. The second-order valence-corrected chi connectivity index (χ2v) is 12.7. The number of hydrogen-bond donors (Lipinski definition) is 0. The van der Waals surface area contributed by atoms with E-state index in [-0.39, 0.29) is 6.42 Å². The van der Waals surface area contributed by atoms with Gasteiger partial charge in [0.15, 0.2) is 12.4 Å². The molecule has 2 bridgehead atoms. The Kier molecular flexibility index (Phi) is 7.06. The maximum Gasteiger partial charge on any atom is 0.330 e. The lowest BCUT2D eigenvalue weighted by atomic mass is 9.54. The highest BCUT2D eigenvalue weighted by molar-refractivity contribution is 6.36. The summed E-state index contributed by atoms with van der Waals surface area (Å²) in [5, 5.41) is 0. The van der Waals surface area contributed by atoms with E-state index in [0.29, 0.717) is 39.1 Å². The van der Waals surface area contributed by atoms with Crippen molar-refractivity contribution < 1.29 is 28.7 Å². The predicted molar refractivity (Wildman–Crippen MR) is 167 cm³/mol. The molecular weight excluding hydrogens is 613 g/mol. The molecule has 8 rings (SSSR count). The molecule has 3 aliphatic carbocycles. The van der Waals surface area contributed by atoms with Gasteiger partial charge < -0.3 is 9.47 Å². The lowest BCUT2D eigenvalue weighted by Gasteiger charge is -2.54. The molecule has 45 heavy (non-hydrogen) atoms. The Morgan fingerprint density at radius 2 is 1.27 bits per heavy atom. The number of esters is 1. The lowest BCUT2D eigenvalue weighted by molar-refractivity contribution is -0.158. The van der Waals surface area contributed by atoms with Crippen molar-refractivity contribution in [1.29, 1.82) is 0 Å². The third-order valence-corrected chi connectivity index (χ3v) is 10.5. The molecule has 0 aromatic heterocycles. The molecule has 1 heterocycles. The highest BCUT2D eigenvalue weighted by Crippen LogP contribution is 2.69. The Hall–Kier alpha value is -4.46. The predicted octanol–water partition coefficient (Wildman–Crippen LogP) is 5.63. The number of carbonyl (C=O) groups is 4. The van der Waals surface area contributed by atoms with Crippen molar-refractivity contribution in [3.63, 3.8) is 0 Å². The second kappa shape index (κ2) is 10.9. The van der Waals surface area contributed by atoms with Gasteiger partial charge >= 0.3 is 5.97 Å². The number of ketones is 1. The maximum atomic E-state index is 14.5. The largest absolute Gasteiger partial charge is 0.497 e. The Morgan fingerprint density at radius 1 is 0.756 bits per heavy atom. The van der Waals surface area contributed by atoms with E-state index in [4.69, 9.17) is 32.7 Å². The van der Waals surface area contributed by atoms with Gasteiger partial charge in [0.05, 0.1) is 18.9 Å². The van der Waals surface area contributed by atoms with Crippen LogP contribution < -0.4 is 4.74 Å². The molecule has 0 saturated carbocycles. The molecule has 4 aromatic carbocycles. The zero-order chi connectivity index (χ0) is 31.5. The van der Waals surface area contributed by atoms with Crippen LogP contribution in [0.15, 0.2) is 103 Å². The Balaban J connectivity index is 1.27. The number of nitrogens with zero attached hydrogens (tertiary/aromatic N) is 1. The molecule has 9 heteroatoms. The zero-order valence-corrected chi connectivity index (χ0v) is 25.6. The number of halogens is 2. The van der Waals surface area contributed by atoms with Crippen LogP contribution in [-0.4, -0.2) is 48.2 Å². The van der Waals surface area contributed by atoms with Gasteiger partial charge in [-0.05, 0) is 39.9 Å². The average Bonchev–Trinajstić information content (AvgIpc) is 3.35. The molecule has 1 fully saturated rings. The Bertz CT molecular complexity index is 1750. The van der Waals surface area contributed by atoms with Crippen molar-refractivity contribution in [2.75, 3.05) is 13.7 Å². The monoisotopic (exact) mass is 639 g/mol. The minimum absolute atomic E-state index is 0.0194. The summed E-state index contributed by atoms with van der Waals surface area (Å²) < 4.78 is 10.7. The van der Waals surface area contributed by atoms with E-state index in [1.807, 2.05) is 54.6 Å². The first-order valence-electron chi connectivity index (χ1n) is 14.5. The van der Waals surface area contributed by atoms with E-state index in [0.717, 1.165) is 4.90 Å². The maximum absolute atomic E-state index is 14.5. The van der Waals surface area contributed by atoms with Crippen LogP contribution >= 0.6 is 23.2 Å². The zero-order valence-electron chi connectivity index (χ0n) is 24.1. The van der Waals surface area contributed by atoms with E-state index in [1.165, 1.54) is 7.11 Å². The van der Waals surface area contributed by atoms with E-state index >= 15 is 0 Å². The van der Waals surface area contributed by atoms with Gasteiger partial charge in [-0.2, -0.15) is 0 Å². The number of rotatable bonds is 8. The highest BCUT2D eigenvalue weighted by atomic mass is 35.5. The summed E-state index contributed by atoms with van der Waals surface area (Å²) in [5.74, 6) is -4.22. The van der Waals surface area contributed by atoms with Crippen molar-refractivity contribution in [3.8, 4) is 5.75 Å². The van der Waals surface area contributed by atoms with Gasteiger partial charge in [-0.25, -0.2) is 4.79 Å². The summed E-state index contributed by atoms with van der Waals surface area (Å²) in [7, 11) is 1.48. The number of methoxy groups -OCH3 is 1. The number of likely N-dealkylation sites (tertiary alicyclic amines) is 1. The first kappa shape index (κ1) is 29.3. The molecule has 4 aromatic rings. The van der Waals surface area contributed by atoms with E-state index < -0.39 is 57.8 Å². The fraction of sp³-hybridized carbons (Fsp3) is 0.222. The number of alkyl halides is 2. The molecule has 0 N–H and O–H groups in total. The molecule has 4 aliphatic rings. The van der Waals surface area contributed by atoms with Gasteiger partial charge in [-0.1, -0.05) is 91.0 Å². The minimum Gasteiger partial charge on any atom is -0.497 e. The molecule has 0 radical (unpaired) electrons. The van der Waals surface area contributed by atoms with Gasteiger partial charge in [0.2, 0.25) is 11.8 Å². The minimum atomic E-state index is -1.39. The van der Waals surface area contributed by atoms with Gasteiger partial charge in [0.1, 0.15) is 21.5 Å². The second-order valence-electron chi connectivity index (χ2n) is 11.5. The number of benzene rings is 4. The molecule has 1 saturated heterocycles. The smallest absolute Gasteiger partial charge is 0.330 e. The summed E-state index contributed by atoms with van der Waals surface area (Å²) in [6, 6.07) is 28.8. The van der Waals surface area contributed by atoms with E-state index in [2.05, 4.69) is 0 Å². The van der Waals surface area contributed by atoms with E-state index in [9.17, 15) is 19.2 Å².